The van der Waals surface area contributed by atoms with Gasteiger partial charge in [-0.05, 0) is 59.7 Å². The summed E-state index contributed by atoms with van der Waals surface area (Å²) < 4.78 is 4.50. The number of aliphatic imine (C=N–C) groups is 1. The largest absolute Gasteiger partial charge is 0.309 e. The SMILES string of the molecule is C[Si](C)(C)c1ccc(-n2c3ccccc3c3cc(-c4ccc5c(c4)c4ccccc4n5NC(=NC(=N)c4ccccc4)c4ccccc4)ccc32)cc1. The van der Waals surface area contributed by atoms with Crippen molar-refractivity contribution in [2.24, 2.45) is 4.99 Å². The van der Waals surface area contributed by atoms with Crippen LogP contribution in [0.4, 0.5) is 0 Å². The third-order valence-corrected chi connectivity index (χ3v) is 12.3. The Morgan fingerprint density at radius 2 is 1.00 bits per heavy atom. The van der Waals surface area contributed by atoms with Crippen molar-refractivity contribution in [1.82, 2.24) is 9.24 Å². The fourth-order valence-corrected chi connectivity index (χ4v) is 8.61. The highest BCUT2D eigenvalue weighted by molar-refractivity contribution is 6.88. The first kappa shape index (κ1) is 32.4. The predicted octanol–water partition coefficient (Wildman–Crippen LogP) is 11.1. The Morgan fingerprint density at radius 1 is 0.509 bits per heavy atom. The van der Waals surface area contributed by atoms with Crippen molar-refractivity contribution in [3.8, 4) is 16.8 Å². The molecule has 0 atom stereocenters. The molecule has 0 amide bonds. The molecule has 9 aromatic rings. The first-order valence-corrected chi connectivity index (χ1v) is 21.6. The van der Waals surface area contributed by atoms with Crippen LogP contribution in [0.25, 0.3) is 60.4 Å². The number of para-hydroxylation sites is 2. The molecule has 0 saturated heterocycles. The van der Waals surface area contributed by atoms with Crippen molar-refractivity contribution in [3.63, 3.8) is 0 Å². The van der Waals surface area contributed by atoms with Crippen molar-refractivity contribution in [1.29, 1.82) is 5.41 Å². The fraction of sp³-hybridized carbons (Fsp3) is 0.0638. The van der Waals surface area contributed by atoms with E-state index in [0.29, 0.717) is 5.84 Å². The van der Waals surface area contributed by atoms with Crippen molar-refractivity contribution in [2.45, 2.75) is 19.6 Å². The summed E-state index contributed by atoms with van der Waals surface area (Å²) in [5.74, 6) is 0.795. The van der Waals surface area contributed by atoms with E-state index in [2.05, 4.69) is 144 Å². The lowest BCUT2D eigenvalue weighted by Gasteiger charge is -2.17. The van der Waals surface area contributed by atoms with Gasteiger partial charge in [0.25, 0.3) is 0 Å². The standard InChI is InChI=1S/C47H39N5Si/c1-53(2,3)37-26-24-36(25-27-37)51-42-20-12-10-18-38(42)40-30-34(22-28-43(40)51)35-23-29-45-41(31-35)39-19-11-13-21-44(39)52(45)50-47(33-16-8-5-9-17-33)49-46(48)32-14-6-4-7-15-32/h4-31H,1-3H3,(H2,48,49,50). The number of nitrogens with one attached hydrogen (secondary N) is 2. The molecule has 0 radical (unpaired) electrons. The first-order valence-electron chi connectivity index (χ1n) is 18.1. The van der Waals surface area contributed by atoms with E-state index in [-0.39, 0.29) is 5.84 Å². The average molecular weight is 702 g/mol. The van der Waals surface area contributed by atoms with Gasteiger partial charge in [0, 0.05) is 38.4 Å². The summed E-state index contributed by atoms with van der Waals surface area (Å²) in [7, 11) is -1.40. The van der Waals surface area contributed by atoms with Crippen LogP contribution in [0, 0.1) is 5.41 Å². The zero-order valence-electron chi connectivity index (χ0n) is 30.0. The smallest absolute Gasteiger partial charge is 0.154 e. The first-order chi connectivity index (χ1) is 25.8. The van der Waals surface area contributed by atoms with Crippen molar-refractivity contribution >= 4 is 68.5 Å². The minimum absolute atomic E-state index is 0.195. The molecule has 9 rings (SSSR count). The Labute approximate surface area is 310 Å². The molecule has 0 aliphatic rings. The highest BCUT2D eigenvalue weighted by atomic mass is 28.3. The number of amidine groups is 2. The number of benzene rings is 7. The average Bonchev–Trinajstić information content (AvgIpc) is 3.69. The molecule has 0 aliphatic heterocycles. The number of aromatic nitrogens is 2. The molecule has 0 fully saturated rings. The fourth-order valence-electron chi connectivity index (χ4n) is 7.44. The summed E-state index contributed by atoms with van der Waals surface area (Å²) in [5, 5.41) is 15.1. The molecule has 0 saturated carbocycles. The monoisotopic (exact) mass is 701 g/mol. The van der Waals surface area contributed by atoms with E-state index in [1.165, 1.54) is 38.2 Å². The van der Waals surface area contributed by atoms with Crippen molar-refractivity contribution in [3.05, 3.63) is 181 Å². The van der Waals surface area contributed by atoms with Gasteiger partial charge in [0.1, 0.15) is 0 Å². The molecule has 0 aliphatic carbocycles. The van der Waals surface area contributed by atoms with E-state index in [4.69, 9.17) is 10.4 Å². The number of fused-ring (bicyclic) bond motifs is 6. The van der Waals surface area contributed by atoms with E-state index < -0.39 is 8.07 Å². The lowest BCUT2D eigenvalue weighted by atomic mass is 10.0. The molecule has 2 N–H and O–H groups in total. The molecule has 5 nitrogen and oxygen atoms in total. The van der Waals surface area contributed by atoms with Crippen LogP contribution in [0.1, 0.15) is 11.1 Å². The number of hydrogen-bond acceptors (Lipinski definition) is 1. The summed E-state index contributed by atoms with van der Waals surface area (Å²) in [6, 6.07) is 59.6. The normalized spacial score (nSPS) is 12.2. The third-order valence-electron chi connectivity index (χ3n) is 10.2. The van der Waals surface area contributed by atoms with Crippen LogP contribution in [-0.4, -0.2) is 29.0 Å². The minimum Gasteiger partial charge on any atom is -0.309 e. The second kappa shape index (κ2) is 12.9. The Kier molecular flexibility index (Phi) is 7.90. The van der Waals surface area contributed by atoms with Gasteiger partial charge in [0.05, 0.1) is 30.1 Å². The van der Waals surface area contributed by atoms with E-state index >= 15 is 0 Å². The molecular formula is C47H39N5Si. The summed E-state index contributed by atoms with van der Waals surface area (Å²) in [4.78, 5) is 4.83. The maximum Gasteiger partial charge on any atom is 0.154 e. The van der Waals surface area contributed by atoms with Gasteiger partial charge in [-0.15, -0.1) is 0 Å². The van der Waals surface area contributed by atoms with Gasteiger partial charge in [0.15, 0.2) is 11.7 Å². The second-order valence-electron chi connectivity index (χ2n) is 14.6. The lowest BCUT2D eigenvalue weighted by Crippen LogP contribution is -2.37. The molecule has 0 spiro atoms. The molecule has 6 heteroatoms. The maximum absolute atomic E-state index is 8.84. The molecule has 0 unspecified atom stereocenters. The molecule has 7 aromatic carbocycles. The number of rotatable bonds is 6. The lowest BCUT2D eigenvalue weighted by molar-refractivity contribution is 1.08. The van der Waals surface area contributed by atoms with Crippen LogP contribution in [0.15, 0.2) is 175 Å². The van der Waals surface area contributed by atoms with Gasteiger partial charge in [-0.1, -0.05) is 146 Å². The molecule has 53 heavy (non-hydrogen) atoms. The quantitative estimate of drug-likeness (QED) is 0.101. The highest BCUT2D eigenvalue weighted by Gasteiger charge is 2.19. The molecule has 2 heterocycles. The second-order valence-corrected chi connectivity index (χ2v) is 19.7. The van der Waals surface area contributed by atoms with Gasteiger partial charge in [-0.25, -0.2) is 4.99 Å². The van der Waals surface area contributed by atoms with Crippen LogP contribution in [0.2, 0.25) is 19.6 Å². The Balaban J connectivity index is 1.15. The van der Waals surface area contributed by atoms with Crippen LogP contribution in [-0.2, 0) is 0 Å². The van der Waals surface area contributed by atoms with Crippen molar-refractivity contribution in [2.75, 3.05) is 5.43 Å². The Hall–Kier alpha value is -6.50. The van der Waals surface area contributed by atoms with Gasteiger partial charge in [-0.3, -0.25) is 15.5 Å². The summed E-state index contributed by atoms with van der Waals surface area (Å²) >= 11 is 0. The predicted molar refractivity (Wildman–Crippen MR) is 228 cm³/mol. The Bertz CT molecular complexity index is 2840. The van der Waals surface area contributed by atoms with Crippen LogP contribution >= 0.6 is 0 Å². The van der Waals surface area contributed by atoms with Crippen molar-refractivity contribution < 1.29 is 0 Å². The third kappa shape index (κ3) is 5.83. The number of nitrogens with zero attached hydrogens (tertiary/aromatic N) is 3. The van der Waals surface area contributed by atoms with Crippen LogP contribution in [0.5, 0.6) is 0 Å². The van der Waals surface area contributed by atoms with Gasteiger partial charge in [0.2, 0.25) is 0 Å². The molecule has 2 aromatic heterocycles. The van der Waals surface area contributed by atoms with E-state index in [1.54, 1.807) is 0 Å². The highest BCUT2D eigenvalue weighted by Crippen LogP contribution is 2.37. The topological polar surface area (TPSA) is 58.1 Å². The van der Waals surface area contributed by atoms with Gasteiger partial charge >= 0.3 is 0 Å². The molecular weight excluding hydrogens is 663 g/mol. The number of hydrogen-bond donors (Lipinski definition) is 2. The zero-order valence-corrected chi connectivity index (χ0v) is 31.0. The molecule has 256 valence electrons. The molecule has 0 bridgehead atoms. The minimum atomic E-state index is -1.40. The van der Waals surface area contributed by atoms with E-state index in [1.807, 2.05) is 60.7 Å². The zero-order chi connectivity index (χ0) is 36.1. The van der Waals surface area contributed by atoms with Gasteiger partial charge < -0.3 is 4.57 Å². The van der Waals surface area contributed by atoms with E-state index in [9.17, 15) is 0 Å². The maximum atomic E-state index is 8.84. The van der Waals surface area contributed by atoms with Crippen LogP contribution < -0.4 is 10.6 Å². The summed E-state index contributed by atoms with van der Waals surface area (Å²) in [5.41, 5.74) is 13.3. The van der Waals surface area contributed by atoms with E-state index in [0.717, 1.165) is 38.5 Å². The summed E-state index contributed by atoms with van der Waals surface area (Å²) in [6.45, 7) is 7.18. The van der Waals surface area contributed by atoms with Gasteiger partial charge in [-0.2, -0.15) is 0 Å². The van der Waals surface area contributed by atoms with Crippen LogP contribution in [0.3, 0.4) is 0 Å². The summed E-state index contributed by atoms with van der Waals surface area (Å²) in [6.07, 6.45) is 0. The Morgan fingerprint density at radius 3 is 1.64 bits per heavy atom.